The van der Waals surface area contributed by atoms with Crippen molar-refractivity contribution >= 4 is 17.1 Å². The molecule has 0 fully saturated rings. The van der Waals surface area contributed by atoms with Gasteiger partial charge in [-0.25, -0.2) is 9.78 Å². The van der Waals surface area contributed by atoms with Crippen molar-refractivity contribution in [3.05, 3.63) is 27.2 Å². The lowest BCUT2D eigenvalue weighted by molar-refractivity contribution is -0.119. The second-order valence-electron chi connectivity index (χ2n) is 6.21. The van der Waals surface area contributed by atoms with Crippen molar-refractivity contribution in [2.75, 3.05) is 13.1 Å². The summed E-state index contributed by atoms with van der Waals surface area (Å²) in [5, 5.41) is 0. The van der Waals surface area contributed by atoms with Crippen molar-refractivity contribution in [3.63, 3.8) is 0 Å². The van der Waals surface area contributed by atoms with Crippen molar-refractivity contribution in [1.29, 1.82) is 0 Å². The van der Waals surface area contributed by atoms with Gasteiger partial charge < -0.3 is 10.3 Å². The van der Waals surface area contributed by atoms with Crippen LogP contribution in [0.4, 0.5) is 0 Å². The Morgan fingerprint density at radius 3 is 2.58 bits per heavy atom. The van der Waals surface area contributed by atoms with E-state index in [4.69, 9.17) is 5.73 Å². The van der Waals surface area contributed by atoms with Crippen molar-refractivity contribution in [1.82, 2.24) is 23.6 Å². The molecule has 0 saturated carbocycles. The Hall–Kier alpha value is -2.42. The molecule has 132 valence electrons. The number of amides is 1. The van der Waals surface area contributed by atoms with Crippen molar-refractivity contribution < 1.29 is 4.79 Å². The Bertz CT molecular complexity index is 860. The van der Waals surface area contributed by atoms with Gasteiger partial charge in [-0.1, -0.05) is 0 Å². The third kappa shape index (κ3) is 3.40. The van der Waals surface area contributed by atoms with Gasteiger partial charge in [0.1, 0.15) is 0 Å². The number of fused-ring (bicyclic) bond motifs is 1. The molecule has 0 radical (unpaired) electrons. The first kappa shape index (κ1) is 17.9. The Morgan fingerprint density at radius 2 is 2.00 bits per heavy atom. The van der Waals surface area contributed by atoms with Crippen molar-refractivity contribution in [3.8, 4) is 0 Å². The molecule has 2 aromatic rings. The molecule has 0 saturated heterocycles. The number of aryl methyl sites for hydroxylation is 2. The minimum Gasteiger partial charge on any atom is -0.369 e. The number of imidazole rings is 1. The fraction of sp³-hybridized carbons (Fsp3) is 0.600. The number of nitrogens with zero attached hydrogens (tertiary/aromatic N) is 5. The Labute approximate surface area is 139 Å². The number of rotatable bonds is 7. The van der Waals surface area contributed by atoms with Crippen LogP contribution in [-0.2, 0) is 25.4 Å². The molecule has 0 spiro atoms. The van der Waals surface area contributed by atoms with Crippen LogP contribution in [0.1, 0.15) is 20.3 Å². The highest BCUT2D eigenvalue weighted by Crippen LogP contribution is 2.04. The van der Waals surface area contributed by atoms with E-state index in [9.17, 15) is 14.4 Å². The second kappa shape index (κ2) is 7.00. The van der Waals surface area contributed by atoms with Crippen LogP contribution in [0.2, 0.25) is 0 Å². The summed E-state index contributed by atoms with van der Waals surface area (Å²) in [6, 6.07) is 0.150. The summed E-state index contributed by atoms with van der Waals surface area (Å²) >= 11 is 0. The van der Waals surface area contributed by atoms with Gasteiger partial charge in [0, 0.05) is 33.2 Å². The fourth-order valence-corrected chi connectivity index (χ4v) is 2.75. The number of primary amides is 1. The fourth-order valence-electron chi connectivity index (χ4n) is 2.75. The van der Waals surface area contributed by atoms with Gasteiger partial charge in [-0.05, 0) is 20.3 Å². The molecule has 0 aromatic carbocycles. The zero-order valence-electron chi connectivity index (χ0n) is 14.5. The lowest BCUT2D eigenvalue weighted by atomic mass is 10.2. The van der Waals surface area contributed by atoms with E-state index in [1.54, 1.807) is 18.7 Å². The summed E-state index contributed by atoms with van der Waals surface area (Å²) in [4.78, 5) is 42.1. The lowest BCUT2D eigenvalue weighted by Crippen LogP contribution is -2.42. The third-order valence-corrected chi connectivity index (χ3v) is 4.12. The number of carbonyl (C=O) groups is 1. The molecule has 1 amide bonds. The van der Waals surface area contributed by atoms with Crippen LogP contribution in [0.5, 0.6) is 0 Å². The Kier molecular flexibility index (Phi) is 5.23. The topological polar surface area (TPSA) is 108 Å². The van der Waals surface area contributed by atoms with Crippen LogP contribution in [0.3, 0.4) is 0 Å². The van der Waals surface area contributed by atoms with Crippen LogP contribution >= 0.6 is 0 Å². The van der Waals surface area contributed by atoms with E-state index in [2.05, 4.69) is 4.98 Å². The van der Waals surface area contributed by atoms with Gasteiger partial charge in [-0.15, -0.1) is 0 Å². The average molecular weight is 336 g/mol. The number of nitrogens with two attached hydrogens (primary N) is 1. The maximum absolute atomic E-state index is 12.6. The maximum Gasteiger partial charge on any atom is 0.332 e. The van der Waals surface area contributed by atoms with E-state index in [1.165, 1.54) is 15.5 Å². The van der Waals surface area contributed by atoms with Crippen LogP contribution in [0, 0.1) is 0 Å². The highest BCUT2D eigenvalue weighted by molar-refractivity contribution is 5.75. The minimum atomic E-state index is -0.395. The molecule has 0 atom stereocenters. The largest absolute Gasteiger partial charge is 0.369 e. The van der Waals surface area contributed by atoms with E-state index in [-0.39, 0.29) is 24.7 Å². The first-order chi connectivity index (χ1) is 11.2. The quantitative estimate of drug-likeness (QED) is 0.699. The molecule has 2 rings (SSSR count). The number of hydrogen-bond acceptors (Lipinski definition) is 5. The van der Waals surface area contributed by atoms with Gasteiger partial charge >= 0.3 is 5.69 Å². The highest BCUT2D eigenvalue weighted by atomic mass is 16.2. The first-order valence-electron chi connectivity index (χ1n) is 7.87. The van der Waals surface area contributed by atoms with E-state index in [0.717, 1.165) is 0 Å². The summed E-state index contributed by atoms with van der Waals surface area (Å²) in [7, 11) is 3.32. The molecule has 9 heteroatoms. The molecular weight excluding hydrogens is 312 g/mol. The van der Waals surface area contributed by atoms with Crippen LogP contribution in [0.25, 0.3) is 11.2 Å². The SMILES string of the molecule is CC(C)N(CCCn1c(=O)c2c(ncn2C)n(C)c1=O)CC(N)=O. The molecule has 2 N–H and O–H groups in total. The Balaban J connectivity index is 2.24. The minimum absolute atomic E-state index is 0.150. The van der Waals surface area contributed by atoms with Gasteiger partial charge in [0.15, 0.2) is 11.2 Å². The van der Waals surface area contributed by atoms with Gasteiger partial charge in [0.2, 0.25) is 5.91 Å². The van der Waals surface area contributed by atoms with Crippen LogP contribution in [0.15, 0.2) is 15.9 Å². The molecule has 2 aromatic heterocycles. The predicted molar refractivity (Wildman–Crippen MR) is 90.7 cm³/mol. The van der Waals surface area contributed by atoms with Gasteiger partial charge in [-0.3, -0.25) is 23.6 Å². The maximum atomic E-state index is 12.6. The van der Waals surface area contributed by atoms with Crippen molar-refractivity contribution in [2.24, 2.45) is 19.8 Å². The van der Waals surface area contributed by atoms with Crippen LogP contribution in [-0.4, -0.2) is 48.6 Å². The molecule has 0 aliphatic carbocycles. The molecule has 0 aliphatic rings. The third-order valence-electron chi connectivity index (χ3n) is 4.12. The summed E-state index contributed by atoms with van der Waals surface area (Å²) in [5.41, 5.74) is 5.29. The standard InChI is InChI=1S/C15H24N6O3/c1-10(2)20(8-11(16)22)6-5-7-21-14(23)12-13(17-9-18(12)3)19(4)15(21)24/h9-10H,5-8H2,1-4H3,(H2,16,22). The van der Waals surface area contributed by atoms with Gasteiger partial charge in [0.25, 0.3) is 5.56 Å². The van der Waals surface area contributed by atoms with Crippen molar-refractivity contribution in [2.45, 2.75) is 32.9 Å². The summed E-state index contributed by atoms with van der Waals surface area (Å²) in [5.74, 6) is -0.395. The molecule has 0 aliphatic heterocycles. The number of hydrogen-bond donors (Lipinski definition) is 1. The molecule has 0 unspecified atom stereocenters. The predicted octanol–water partition coefficient (Wildman–Crippen LogP) is -0.980. The molecule has 24 heavy (non-hydrogen) atoms. The summed E-state index contributed by atoms with van der Waals surface area (Å²) in [6.45, 7) is 4.94. The second-order valence-corrected chi connectivity index (χ2v) is 6.21. The normalized spacial score (nSPS) is 11.8. The first-order valence-corrected chi connectivity index (χ1v) is 7.87. The molecule has 9 nitrogen and oxygen atoms in total. The molecule has 0 bridgehead atoms. The van der Waals surface area contributed by atoms with E-state index in [1.807, 2.05) is 18.7 Å². The highest BCUT2D eigenvalue weighted by Gasteiger charge is 2.16. The van der Waals surface area contributed by atoms with Gasteiger partial charge in [-0.2, -0.15) is 0 Å². The zero-order chi connectivity index (χ0) is 18.0. The average Bonchev–Trinajstić information content (AvgIpc) is 2.88. The smallest absolute Gasteiger partial charge is 0.332 e. The van der Waals surface area contributed by atoms with E-state index >= 15 is 0 Å². The van der Waals surface area contributed by atoms with Gasteiger partial charge in [0.05, 0.1) is 12.9 Å². The van der Waals surface area contributed by atoms with Crippen LogP contribution < -0.4 is 17.0 Å². The summed E-state index contributed by atoms with van der Waals surface area (Å²) < 4.78 is 4.20. The zero-order valence-corrected chi connectivity index (χ0v) is 14.5. The number of aromatic nitrogens is 4. The number of carbonyl (C=O) groups excluding carboxylic acids is 1. The van der Waals surface area contributed by atoms with E-state index < -0.39 is 11.6 Å². The molecule has 2 heterocycles. The summed E-state index contributed by atoms with van der Waals surface area (Å²) in [6.07, 6.45) is 2.08. The van der Waals surface area contributed by atoms with E-state index in [0.29, 0.717) is 24.1 Å². The monoisotopic (exact) mass is 336 g/mol. The molecular formula is C15H24N6O3. The Morgan fingerprint density at radius 1 is 1.33 bits per heavy atom. The lowest BCUT2D eigenvalue weighted by Gasteiger charge is -2.24.